The van der Waals surface area contributed by atoms with Crippen molar-refractivity contribution in [1.82, 2.24) is 25.5 Å². The Morgan fingerprint density at radius 2 is 1.84 bits per heavy atom. The van der Waals surface area contributed by atoms with E-state index in [9.17, 15) is 0 Å². The minimum atomic E-state index is 0. The van der Waals surface area contributed by atoms with Crippen molar-refractivity contribution in [3.8, 4) is 5.75 Å². The number of halogens is 2. The lowest BCUT2D eigenvalue weighted by Crippen LogP contribution is -2.49. The highest BCUT2D eigenvalue weighted by molar-refractivity contribution is 14.0. The van der Waals surface area contributed by atoms with Gasteiger partial charge in [-0.15, -0.1) is 24.0 Å². The molecule has 1 aromatic carbocycles. The summed E-state index contributed by atoms with van der Waals surface area (Å²) in [6.45, 7) is 6.45. The highest BCUT2D eigenvalue weighted by atomic mass is 127. The zero-order valence-corrected chi connectivity index (χ0v) is 21.1. The van der Waals surface area contributed by atoms with Gasteiger partial charge in [-0.25, -0.2) is 9.97 Å². The first-order valence-corrected chi connectivity index (χ1v) is 10.6. The van der Waals surface area contributed by atoms with E-state index in [1.807, 2.05) is 24.3 Å². The molecule has 0 radical (unpaired) electrons. The summed E-state index contributed by atoms with van der Waals surface area (Å²) in [5.41, 5.74) is 1.08. The van der Waals surface area contributed by atoms with Crippen LogP contribution in [0.15, 0.2) is 41.7 Å². The second-order valence-electron chi connectivity index (χ2n) is 7.01. The zero-order chi connectivity index (χ0) is 21.2. The summed E-state index contributed by atoms with van der Waals surface area (Å²) in [4.78, 5) is 17.6. The first-order valence-electron chi connectivity index (χ1n) is 10.2. The lowest BCUT2D eigenvalue weighted by Gasteiger charge is -2.34. The van der Waals surface area contributed by atoms with E-state index in [2.05, 4.69) is 35.4 Å². The van der Waals surface area contributed by atoms with Gasteiger partial charge in [0.1, 0.15) is 5.75 Å². The van der Waals surface area contributed by atoms with Gasteiger partial charge < -0.3 is 20.3 Å². The van der Waals surface area contributed by atoms with Crippen LogP contribution in [0.25, 0.3) is 0 Å². The number of nitrogens with one attached hydrogen (secondary N) is 2. The van der Waals surface area contributed by atoms with Crippen molar-refractivity contribution in [3.05, 3.63) is 47.2 Å². The third-order valence-electron chi connectivity index (χ3n) is 5.10. The van der Waals surface area contributed by atoms with Crippen LogP contribution in [0.2, 0.25) is 5.02 Å². The quantitative estimate of drug-likeness (QED) is 0.292. The number of anilines is 1. The molecule has 0 atom stereocenters. The fourth-order valence-corrected chi connectivity index (χ4v) is 3.62. The van der Waals surface area contributed by atoms with E-state index >= 15 is 0 Å². The number of piperazine rings is 1. The minimum absolute atomic E-state index is 0. The Labute approximate surface area is 206 Å². The Hall–Kier alpha value is -1.85. The molecule has 0 amide bonds. The molecule has 3 rings (SSSR count). The number of aliphatic imine (C=N–C) groups is 1. The summed E-state index contributed by atoms with van der Waals surface area (Å²) in [6.07, 6.45) is 4.40. The molecule has 1 saturated heterocycles. The molecule has 2 heterocycles. The van der Waals surface area contributed by atoms with Gasteiger partial charge in [0.2, 0.25) is 5.95 Å². The summed E-state index contributed by atoms with van der Waals surface area (Å²) < 4.78 is 5.19. The summed E-state index contributed by atoms with van der Waals surface area (Å²) in [6, 6.07) is 7.61. The molecule has 1 aliphatic heterocycles. The fourth-order valence-electron chi connectivity index (χ4n) is 3.35. The fraction of sp³-hybridized carbons (Fsp3) is 0.476. The van der Waals surface area contributed by atoms with Crippen molar-refractivity contribution in [2.45, 2.75) is 6.42 Å². The largest absolute Gasteiger partial charge is 0.497 e. The van der Waals surface area contributed by atoms with Crippen LogP contribution in [-0.2, 0) is 6.42 Å². The summed E-state index contributed by atoms with van der Waals surface area (Å²) in [5, 5.41) is 7.45. The van der Waals surface area contributed by atoms with E-state index in [1.165, 1.54) is 0 Å². The number of hydrogen-bond acceptors (Lipinski definition) is 6. The van der Waals surface area contributed by atoms with Crippen LogP contribution in [0.4, 0.5) is 5.95 Å². The molecule has 0 saturated carbocycles. The monoisotopic (exact) mass is 559 g/mol. The Balaban J connectivity index is 0.00000341. The normalized spacial score (nSPS) is 14.7. The second kappa shape index (κ2) is 13.5. The van der Waals surface area contributed by atoms with E-state index < -0.39 is 0 Å². The van der Waals surface area contributed by atoms with Crippen molar-refractivity contribution in [2.24, 2.45) is 4.99 Å². The van der Waals surface area contributed by atoms with Crippen LogP contribution >= 0.6 is 35.6 Å². The van der Waals surface area contributed by atoms with Crippen LogP contribution in [0.1, 0.15) is 5.56 Å². The maximum absolute atomic E-state index is 6.31. The number of aromatic nitrogens is 2. The van der Waals surface area contributed by atoms with Gasteiger partial charge in [-0.05, 0) is 30.2 Å². The molecule has 10 heteroatoms. The van der Waals surface area contributed by atoms with Gasteiger partial charge in [0.15, 0.2) is 5.96 Å². The smallest absolute Gasteiger partial charge is 0.225 e. The molecule has 0 spiro atoms. The molecule has 1 aliphatic rings. The van der Waals surface area contributed by atoms with Crippen molar-refractivity contribution in [3.63, 3.8) is 0 Å². The molecule has 31 heavy (non-hydrogen) atoms. The highest BCUT2D eigenvalue weighted by Crippen LogP contribution is 2.22. The summed E-state index contributed by atoms with van der Waals surface area (Å²) in [7, 11) is 3.43. The van der Waals surface area contributed by atoms with Gasteiger partial charge in [-0.3, -0.25) is 9.89 Å². The van der Waals surface area contributed by atoms with Crippen LogP contribution < -0.4 is 20.3 Å². The first kappa shape index (κ1) is 25.4. The molecule has 2 aromatic rings. The van der Waals surface area contributed by atoms with Gasteiger partial charge in [0.05, 0.1) is 7.11 Å². The summed E-state index contributed by atoms with van der Waals surface area (Å²) >= 11 is 6.31. The van der Waals surface area contributed by atoms with Crippen molar-refractivity contribution in [1.29, 1.82) is 0 Å². The van der Waals surface area contributed by atoms with Gasteiger partial charge in [-0.2, -0.15) is 0 Å². The van der Waals surface area contributed by atoms with Gasteiger partial charge in [0, 0.05) is 70.3 Å². The van der Waals surface area contributed by atoms with Crippen LogP contribution in [0, 0.1) is 0 Å². The van der Waals surface area contributed by atoms with Gasteiger partial charge in [0.25, 0.3) is 0 Å². The molecule has 1 fully saturated rings. The SMILES string of the molecule is CN=C(NCCc1ccc(OC)cc1Cl)NCCN1CCN(c2ncccn2)CC1.I. The number of ether oxygens (including phenoxy) is 1. The van der Waals surface area contributed by atoms with Crippen molar-refractivity contribution < 1.29 is 4.74 Å². The van der Waals surface area contributed by atoms with E-state index in [0.29, 0.717) is 0 Å². The lowest BCUT2D eigenvalue weighted by atomic mass is 10.1. The molecule has 8 nitrogen and oxygen atoms in total. The minimum Gasteiger partial charge on any atom is -0.497 e. The van der Waals surface area contributed by atoms with E-state index in [0.717, 1.165) is 80.5 Å². The van der Waals surface area contributed by atoms with Crippen LogP contribution in [0.5, 0.6) is 5.75 Å². The third-order valence-corrected chi connectivity index (χ3v) is 5.45. The molecule has 2 N–H and O–H groups in total. The maximum atomic E-state index is 6.31. The standard InChI is InChI=1S/C21H30ClN7O.HI/c1-23-20(24-9-6-17-4-5-18(30-2)16-19(17)22)25-10-11-28-12-14-29(15-13-28)21-26-7-3-8-27-21;/h3-5,7-8,16H,6,9-15H2,1-2H3,(H2,23,24,25);1H. The molecule has 0 bridgehead atoms. The number of rotatable bonds is 8. The third kappa shape index (κ3) is 7.97. The molecule has 170 valence electrons. The second-order valence-corrected chi connectivity index (χ2v) is 7.42. The molecule has 0 unspecified atom stereocenters. The maximum Gasteiger partial charge on any atom is 0.225 e. The average Bonchev–Trinajstić information content (AvgIpc) is 2.80. The lowest BCUT2D eigenvalue weighted by molar-refractivity contribution is 0.260. The van der Waals surface area contributed by atoms with E-state index in [1.54, 1.807) is 26.6 Å². The Morgan fingerprint density at radius 1 is 1.13 bits per heavy atom. The molecular weight excluding hydrogens is 529 g/mol. The average molecular weight is 560 g/mol. The zero-order valence-electron chi connectivity index (χ0n) is 18.1. The van der Waals surface area contributed by atoms with E-state index in [-0.39, 0.29) is 24.0 Å². The Bertz CT molecular complexity index is 817. The van der Waals surface area contributed by atoms with Gasteiger partial charge >= 0.3 is 0 Å². The van der Waals surface area contributed by atoms with Crippen LogP contribution in [0.3, 0.4) is 0 Å². The Morgan fingerprint density at radius 3 is 2.48 bits per heavy atom. The number of methoxy groups -OCH3 is 1. The number of benzene rings is 1. The highest BCUT2D eigenvalue weighted by Gasteiger charge is 2.18. The number of hydrogen-bond donors (Lipinski definition) is 2. The van der Waals surface area contributed by atoms with Gasteiger partial charge in [-0.1, -0.05) is 17.7 Å². The molecule has 0 aliphatic carbocycles. The van der Waals surface area contributed by atoms with Crippen molar-refractivity contribution >= 4 is 47.5 Å². The predicted octanol–water partition coefficient (Wildman–Crippen LogP) is 2.29. The van der Waals surface area contributed by atoms with Crippen molar-refractivity contribution in [2.75, 3.05) is 64.9 Å². The number of nitrogens with zero attached hydrogens (tertiary/aromatic N) is 5. The topological polar surface area (TPSA) is 77.9 Å². The molecule has 1 aromatic heterocycles. The molecular formula is C21H31ClIN7O. The number of guanidine groups is 1. The predicted molar refractivity (Wildman–Crippen MR) is 137 cm³/mol. The van der Waals surface area contributed by atoms with Crippen LogP contribution in [-0.4, -0.2) is 80.8 Å². The van der Waals surface area contributed by atoms with E-state index in [4.69, 9.17) is 16.3 Å². The Kier molecular flexibility index (Phi) is 11.1. The summed E-state index contributed by atoms with van der Waals surface area (Å²) in [5.74, 6) is 2.39. The first-order chi connectivity index (χ1) is 14.7.